The number of ether oxygens (including phenoxy) is 5. The van der Waals surface area contributed by atoms with E-state index in [1.54, 1.807) is 19.1 Å². The number of Topliss-reactive ketones (excluding diaryl/α,β-unsaturated/α-hetero) is 1. The Labute approximate surface area is 452 Å². The van der Waals surface area contributed by atoms with Gasteiger partial charge in [-0.05, 0) is 106 Å². The van der Waals surface area contributed by atoms with Crippen molar-refractivity contribution >= 4 is 58.5 Å². The lowest BCUT2D eigenvalue weighted by Gasteiger charge is -2.47. The lowest BCUT2D eigenvalue weighted by Crippen LogP contribution is -2.48. The van der Waals surface area contributed by atoms with Gasteiger partial charge in [-0.15, -0.1) is 0 Å². The number of rotatable bonds is 27. The summed E-state index contributed by atoms with van der Waals surface area (Å²) in [4.78, 5) is 88.8. The highest BCUT2D eigenvalue weighted by Crippen LogP contribution is 2.47. The summed E-state index contributed by atoms with van der Waals surface area (Å²) in [7, 11) is 0. The molecule has 20 heteroatoms. The van der Waals surface area contributed by atoms with E-state index in [4.69, 9.17) is 42.9 Å². The van der Waals surface area contributed by atoms with Crippen LogP contribution in [0, 0.1) is 12.8 Å². The third-order valence-corrected chi connectivity index (χ3v) is 15.7. The fraction of sp³-hybridized carbons (Fsp3) is 0.474. The number of amides is 3. The molecule has 0 aliphatic carbocycles. The second-order valence-corrected chi connectivity index (χ2v) is 20.4. The van der Waals surface area contributed by atoms with Gasteiger partial charge in [-0.3, -0.25) is 19.2 Å². The number of fused-ring (bicyclic) bond motifs is 6. The van der Waals surface area contributed by atoms with Crippen molar-refractivity contribution in [1.29, 1.82) is 0 Å². The number of phenols is 1. The Morgan fingerprint density at radius 3 is 2.22 bits per heavy atom. The standard InChI is InChI=1S/C55H69N5O10S.2CO2/c1-36-29-39(53(65)42-16-18-47(37(2)52(42)64)70-33-38-11-5-4-6-12-38)32-60-22-19-41-43-30-40(15-17-45(43)59-54(41)55(36,60)3)69-34-51(63)57-21-10-24-67-26-28-68-27-25-66-23-9-20-56-49(61)14-8-7-13-48-44-31-50(62)58-46(44)35-71-48;2*2-1-3/h4-6,11-12,15-18,29-30,32,44,46,48,59,64H,7-10,13-14,19-28,31,33-35H2,1-3H3,(H,56,61)(H,57,63)(H,58,62);;/t44-,46-,48-,55?;;/m0../s1. The van der Waals surface area contributed by atoms with E-state index >= 15 is 0 Å². The summed E-state index contributed by atoms with van der Waals surface area (Å²) in [5.41, 5.74) is 5.92. The van der Waals surface area contributed by atoms with Gasteiger partial charge in [-0.2, -0.15) is 30.9 Å². The van der Waals surface area contributed by atoms with Crippen molar-refractivity contribution in [2.24, 2.45) is 5.92 Å². The first-order valence-corrected chi connectivity index (χ1v) is 27.0. The number of aromatic hydroxyl groups is 1. The highest BCUT2D eigenvalue weighted by molar-refractivity contribution is 8.00. The van der Waals surface area contributed by atoms with E-state index in [9.17, 15) is 24.3 Å². The molecule has 77 heavy (non-hydrogen) atoms. The van der Waals surface area contributed by atoms with Crippen LogP contribution >= 0.6 is 11.8 Å². The number of hydrogen-bond donors (Lipinski definition) is 5. The SMILES string of the molecule is CC1=CC(C(=O)c2ccc(OCc3ccccc3)c(C)c2O)=CN2CCc3c([nH]c4ccc(OCC(=O)NCCCOCCOCCOCCCNC(=O)CCCC[C@@H]5SC[C@@H]6NC(=O)C[C@@H]65)cc34)C12C.O=C=O.O=C=O. The number of carbonyl (C=O) groups is 4. The summed E-state index contributed by atoms with van der Waals surface area (Å²) >= 11 is 1.96. The lowest BCUT2D eigenvalue weighted by molar-refractivity contribution is -0.193. The molecule has 0 bridgehead atoms. The average Bonchev–Trinajstić information content (AvgIpc) is 4.25. The highest BCUT2D eigenvalue weighted by Gasteiger charge is 2.44. The zero-order valence-corrected chi connectivity index (χ0v) is 44.7. The molecule has 4 aliphatic heterocycles. The maximum absolute atomic E-state index is 13.9. The molecule has 0 saturated carbocycles. The van der Waals surface area contributed by atoms with Gasteiger partial charge in [-0.1, -0.05) is 36.8 Å². The molecule has 4 atom stereocenters. The van der Waals surface area contributed by atoms with E-state index in [1.807, 2.05) is 79.5 Å². The van der Waals surface area contributed by atoms with Gasteiger partial charge in [0.1, 0.15) is 23.9 Å². The van der Waals surface area contributed by atoms with E-state index in [-0.39, 0.29) is 53.7 Å². The molecule has 3 aromatic carbocycles. The van der Waals surface area contributed by atoms with Crippen LogP contribution in [-0.2, 0) is 66.3 Å². The molecule has 0 spiro atoms. The van der Waals surface area contributed by atoms with Crippen molar-refractivity contribution in [2.45, 2.75) is 95.6 Å². The summed E-state index contributed by atoms with van der Waals surface area (Å²) in [6.07, 6.45) is 10.6. The predicted molar refractivity (Wildman–Crippen MR) is 284 cm³/mol. The van der Waals surface area contributed by atoms with Crippen LogP contribution in [0.4, 0.5) is 0 Å². The van der Waals surface area contributed by atoms with E-state index in [2.05, 4.69) is 32.8 Å². The molecule has 1 unspecified atom stereocenters. The Hall–Kier alpha value is -7.05. The lowest BCUT2D eigenvalue weighted by atomic mass is 9.78. The minimum Gasteiger partial charge on any atom is -0.507 e. The number of H-pyrrole nitrogens is 1. The third kappa shape index (κ3) is 16.2. The number of aromatic amines is 1. The van der Waals surface area contributed by atoms with Gasteiger partial charge in [-0.25, -0.2) is 0 Å². The van der Waals surface area contributed by atoms with Crippen LogP contribution in [0.2, 0.25) is 0 Å². The Balaban J connectivity index is 0.00000153. The Kier molecular flexibility index (Phi) is 23.1. The number of unbranched alkanes of at least 4 members (excludes halogenated alkanes) is 1. The normalized spacial score (nSPS) is 18.8. The molecule has 4 aliphatic rings. The van der Waals surface area contributed by atoms with Gasteiger partial charge < -0.3 is 54.6 Å². The number of aromatic nitrogens is 1. The van der Waals surface area contributed by atoms with Crippen LogP contribution in [0.5, 0.6) is 17.2 Å². The van der Waals surface area contributed by atoms with E-state index in [0.29, 0.717) is 125 Å². The highest BCUT2D eigenvalue weighted by atomic mass is 32.2. The summed E-state index contributed by atoms with van der Waals surface area (Å²) in [5, 5.41) is 21.7. The Morgan fingerprint density at radius 2 is 1.52 bits per heavy atom. The minimum absolute atomic E-state index is 0.0798. The number of nitrogens with one attached hydrogen (secondary N) is 4. The minimum atomic E-state index is -0.529. The topological polar surface area (TPSA) is 258 Å². The zero-order chi connectivity index (χ0) is 55.2. The first-order chi connectivity index (χ1) is 37.3. The summed E-state index contributed by atoms with van der Waals surface area (Å²) in [5.74, 6) is 2.32. The number of hydrogen-bond acceptors (Lipinski definition) is 16. The monoisotopic (exact) mass is 1080 g/mol. The molecule has 3 amide bonds. The van der Waals surface area contributed by atoms with Crippen molar-refractivity contribution in [3.63, 3.8) is 0 Å². The van der Waals surface area contributed by atoms with Gasteiger partial charge in [0, 0.05) is 103 Å². The molecule has 5 heterocycles. The molecule has 8 rings (SSSR count). The van der Waals surface area contributed by atoms with Crippen molar-refractivity contribution in [2.75, 3.05) is 71.6 Å². The number of thioether (sulfide) groups is 1. The van der Waals surface area contributed by atoms with Crippen molar-refractivity contribution in [3.05, 3.63) is 112 Å². The molecule has 412 valence electrons. The van der Waals surface area contributed by atoms with Crippen LogP contribution in [0.15, 0.2) is 84.1 Å². The number of allylic oxidation sites excluding steroid dienone is 2. The van der Waals surface area contributed by atoms with Gasteiger partial charge in [0.15, 0.2) is 12.4 Å². The van der Waals surface area contributed by atoms with Crippen molar-refractivity contribution in [3.8, 4) is 17.2 Å². The maximum Gasteiger partial charge on any atom is 0.373 e. The number of ketones is 1. The van der Waals surface area contributed by atoms with E-state index in [0.717, 1.165) is 65.6 Å². The van der Waals surface area contributed by atoms with Crippen LogP contribution in [0.3, 0.4) is 0 Å². The third-order valence-electron chi connectivity index (χ3n) is 14.2. The molecule has 1 aromatic heterocycles. The first kappa shape index (κ1) is 59.2. The van der Waals surface area contributed by atoms with Gasteiger partial charge in [0.2, 0.25) is 11.8 Å². The zero-order valence-electron chi connectivity index (χ0n) is 43.9. The molecular formula is C57H69N5O14S. The Bertz CT molecular complexity index is 2770. The second kappa shape index (κ2) is 30.0. The predicted octanol–water partition coefficient (Wildman–Crippen LogP) is 6.02. The van der Waals surface area contributed by atoms with Crippen LogP contribution in [0.25, 0.3) is 10.9 Å². The Morgan fingerprint density at radius 1 is 0.844 bits per heavy atom. The van der Waals surface area contributed by atoms with Gasteiger partial charge >= 0.3 is 12.3 Å². The molecule has 5 N–H and O–H groups in total. The number of nitrogens with zero attached hydrogens (tertiary/aromatic N) is 1. The van der Waals surface area contributed by atoms with Crippen molar-refractivity contribution in [1.82, 2.24) is 25.8 Å². The smallest absolute Gasteiger partial charge is 0.373 e. The fourth-order valence-electron chi connectivity index (χ4n) is 10.0. The van der Waals surface area contributed by atoms with Crippen LogP contribution in [0.1, 0.15) is 91.5 Å². The van der Waals surface area contributed by atoms with Gasteiger partial charge in [0.25, 0.3) is 5.91 Å². The van der Waals surface area contributed by atoms with E-state index in [1.165, 1.54) is 5.56 Å². The van der Waals surface area contributed by atoms with E-state index < -0.39 is 5.54 Å². The quantitative estimate of drug-likeness (QED) is 0.0338. The molecular weight excluding hydrogens is 1010 g/mol. The molecule has 4 aromatic rings. The number of phenolic OH excluding ortho intramolecular Hbond substituents is 1. The van der Waals surface area contributed by atoms with Crippen LogP contribution in [-0.4, -0.2) is 134 Å². The summed E-state index contributed by atoms with van der Waals surface area (Å²) in [6.45, 7) is 10.8. The summed E-state index contributed by atoms with van der Waals surface area (Å²) < 4.78 is 28.8. The maximum atomic E-state index is 13.9. The fourth-order valence-corrected chi connectivity index (χ4v) is 11.7. The van der Waals surface area contributed by atoms with Crippen LogP contribution < -0.4 is 25.4 Å². The van der Waals surface area contributed by atoms with Gasteiger partial charge in [0.05, 0.1) is 37.5 Å². The number of benzene rings is 3. The molecule has 2 saturated heterocycles. The largest absolute Gasteiger partial charge is 0.507 e. The molecule has 19 nitrogen and oxygen atoms in total. The first-order valence-electron chi connectivity index (χ1n) is 26.0. The molecule has 2 fully saturated rings. The number of carbonyl (C=O) groups excluding carboxylic acids is 8. The second-order valence-electron chi connectivity index (χ2n) is 19.2. The van der Waals surface area contributed by atoms with Crippen molar-refractivity contribution < 1.29 is 67.1 Å². The average molecular weight is 1080 g/mol. The summed E-state index contributed by atoms with van der Waals surface area (Å²) in [6, 6.07) is 19.4. The molecule has 0 radical (unpaired) electrons.